The molecule has 2 saturated heterocycles. The highest BCUT2D eigenvalue weighted by atomic mass is 16.6. The van der Waals surface area contributed by atoms with Crippen LogP contribution in [0.4, 0.5) is 11.5 Å². The number of carbonyl (C=O) groups excluding carboxylic acids is 1. The highest BCUT2D eigenvalue weighted by Gasteiger charge is 2.30. The van der Waals surface area contributed by atoms with Gasteiger partial charge in [0.25, 0.3) is 5.69 Å². The summed E-state index contributed by atoms with van der Waals surface area (Å²) in [4.78, 5) is 31.8. The summed E-state index contributed by atoms with van der Waals surface area (Å²) in [5.41, 5.74) is 0.883. The van der Waals surface area contributed by atoms with Gasteiger partial charge in [-0.15, -0.1) is 0 Å². The number of carbonyl (C=O) groups is 1. The van der Waals surface area contributed by atoms with Gasteiger partial charge in [-0.1, -0.05) is 0 Å². The Balaban J connectivity index is 1.53. The second-order valence-corrected chi connectivity index (χ2v) is 7.39. The predicted molar refractivity (Wildman–Crippen MR) is 104 cm³/mol. The standard InChI is InChI=1S/C20H21N5O3/c21-13-15-11-19(22-18-4-3-16(25(27)28)12-17(15)18)23-9-5-14(6-10-23)20(26)24-7-1-2-8-24/h3-4,11-12,14H,1-2,5-10H2. The number of nitro benzene ring substituents is 1. The number of pyridine rings is 1. The Hall–Kier alpha value is -3.21. The van der Waals surface area contributed by atoms with Gasteiger partial charge >= 0.3 is 0 Å². The van der Waals surface area contributed by atoms with E-state index in [2.05, 4.69) is 16.0 Å². The van der Waals surface area contributed by atoms with Crippen LogP contribution in [0.15, 0.2) is 24.3 Å². The van der Waals surface area contributed by atoms with Gasteiger partial charge in [0.05, 0.1) is 22.1 Å². The predicted octanol–water partition coefficient (Wildman–Crippen LogP) is 2.85. The molecule has 0 spiro atoms. The number of fused-ring (bicyclic) bond motifs is 1. The molecule has 144 valence electrons. The van der Waals surface area contributed by atoms with Crippen molar-refractivity contribution in [1.82, 2.24) is 9.88 Å². The monoisotopic (exact) mass is 379 g/mol. The Morgan fingerprint density at radius 3 is 2.54 bits per heavy atom. The van der Waals surface area contributed by atoms with Crippen molar-refractivity contribution in [3.05, 3.63) is 39.9 Å². The van der Waals surface area contributed by atoms with Crippen LogP contribution in [-0.2, 0) is 4.79 Å². The van der Waals surface area contributed by atoms with E-state index in [9.17, 15) is 20.2 Å². The highest BCUT2D eigenvalue weighted by molar-refractivity contribution is 5.88. The molecule has 2 aliphatic heterocycles. The maximum absolute atomic E-state index is 12.6. The van der Waals surface area contributed by atoms with Gasteiger partial charge in [-0.25, -0.2) is 4.98 Å². The van der Waals surface area contributed by atoms with E-state index in [0.717, 1.165) is 38.8 Å². The molecule has 0 bridgehead atoms. The van der Waals surface area contributed by atoms with Gasteiger partial charge in [0.2, 0.25) is 5.91 Å². The number of benzene rings is 1. The number of nitrogens with zero attached hydrogens (tertiary/aromatic N) is 5. The number of piperidine rings is 1. The molecule has 0 radical (unpaired) electrons. The minimum atomic E-state index is -0.476. The van der Waals surface area contributed by atoms with E-state index >= 15 is 0 Å². The van der Waals surface area contributed by atoms with Crippen molar-refractivity contribution in [3.63, 3.8) is 0 Å². The number of anilines is 1. The summed E-state index contributed by atoms with van der Waals surface area (Å²) in [7, 11) is 0. The number of hydrogen-bond donors (Lipinski definition) is 0. The summed E-state index contributed by atoms with van der Waals surface area (Å²) in [5.74, 6) is 1.02. The third-order valence-electron chi connectivity index (χ3n) is 5.70. The van der Waals surface area contributed by atoms with Gasteiger partial charge in [-0.3, -0.25) is 14.9 Å². The average molecular weight is 379 g/mol. The largest absolute Gasteiger partial charge is 0.357 e. The van der Waals surface area contributed by atoms with Crippen molar-refractivity contribution in [3.8, 4) is 6.07 Å². The Labute approximate surface area is 162 Å². The Morgan fingerprint density at radius 1 is 1.18 bits per heavy atom. The SMILES string of the molecule is N#Cc1cc(N2CCC(C(=O)N3CCCC3)CC2)nc2ccc([N+](=O)[O-])cc12. The first-order valence-corrected chi connectivity index (χ1v) is 9.60. The van der Waals surface area contributed by atoms with Crippen molar-refractivity contribution >= 4 is 28.3 Å². The maximum atomic E-state index is 12.6. The lowest BCUT2D eigenvalue weighted by Crippen LogP contribution is -2.42. The van der Waals surface area contributed by atoms with Gasteiger partial charge in [0.1, 0.15) is 5.82 Å². The molecule has 0 saturated carbocycles. The molecule has 0 atom stereocenters. The van der Waals surface area contributed by atoms with Crippen LogP contribution in [0.5, 0.6) is 0 Å². The Kier molecular flexibility index (Phi) is 4.82. The number of rotatable bonds is 3. The minimum absolute atomic E-state index is 0.0558. The molecule has 0 aliphatic carbocycles. The van der Waals surface area contributed by atoms with Gasteiger partial charge in [0.15, 0.2) is 0 Å². The molecule has 8 nitrogen and oxygen atoms in total. The molecule has 2 fully saturated rings. The lowest BCUT2D eigenvalue weighted by atomic mass is 9.95. The third-order valence-corrected chi connectivity index (χ3v) is 5.70. The molecular weight excluding hydrogens is 358 g/mol. The molecule has 1 aromatic carbocycles. The van der Waals surface area contributed by atoms with E-state index in [1.54, 1.807) is 12.1 Å². The smallest absolute Gasteiger partial charge is 0.270 e. The van der Waals surface area contributed by atoms with E-state index in [1.165, 1.54) is 12.1 Å². The van der Waals surface area contributed by atoms with Crippen LogP contribution in [0.3, 0.4) is 0 Å². The number of nitriles is 1. The fraction of sp³-hybridized carbons (Fsp3) is 0.450. The lowest BCUT2D eigenvalue weighted by molar-refractivity contribution is -0.384. The lowest BCUT2D eigenvalue weighted by Gasteiger charge is -2.34. The zero-order chi connectivity index (χ0) is 19.7. The van der Waals surface area contributed by atoms with Crippen molar-refractivity contribution in [1.29, 1.82) is 5.26 Å². The molecule has 2 aromatic rings. The zero-order valence-corrected chi connectivity index (χ0v) is 15.5. The van der Waals surface area contributed by atoms with Crippen LogP contribution in [-0.4, -0.2) is 46.9 Å². The second-order valence-electron chi connectivity index (χ2n) is 7.39. The summed E-state index contributed by atoms with van der Waals surface area (Å²) in [6, 6.07) is 8.20. The quantitative estimate of drug-likeness (QED) is 0.600. The molecule has 1 aromatic heterocycles. The van der Waals surface area contributed by atoms with Gasteiger partial charge < -0.3 is 9.80 Å². The first-order valence-electron chi connectivity index (χ1n) is 9.60. The maximum Gasteiger partial charge on any atom is 0.270 e. The normalized spacial score (nSPS) is 17.7. The van der Waals surface area contributed by atoms with E-state index in [1.807, 2.05) is 4.90 Å². The molecular formula is C20H21N5O3. The fourth-order valence-corrected chi connectivity index (χ4v) is 4.12. The van der Waals surface area contributed by atoms with Crippen molar-refractivity contribution in [2.45, 2.75) is 25.7 Å². The number of non-ortho nitro benzene ring substituents is 1. The van der Waals surface area contributed by atoms with E-state index in [4.69, 9.17) is 0 Å². The van der Waals surface area contributed by atoms with Crippen molar-refractivity contribution in [2.75, 3.05) is 31.1 Å². The van der Waals surface area contributed by atoms with Crippen LogP contribution in [0.2, 0.25) is 0 Å². The minimum Gasteiger partial charge on any atom is -0.357 e. The third kappa shape index (κ3) is 3.36. The Bertz CT molecular complexity index is 970. The molecule has 28 heavy (non-hydrogen) atoms. The summed E-state index contributed by atoms with van der Waals surface area (Å²) >= 11 is 0. The molecule has 0 N–H and O–H groups in total. The summed E-state index contributed by atoms with van der Waals surface area (Å²) in [5, 5.41) is 21.0. The highest BCUT2D eigenvalue weighted by Crippen LogP contribution is 2.29. The molecule has 3 heterocycles. The Morgan fingerprint density at radius 2 is 1.89 bits per heavy atom. The molecule has 4 rings (SSSR count). The average Bonchev–Trinajstić information content (AvgIpc) is 3.27. The van der Waals surface area contributed by atoms with Gasteiger partial charge in [-0.2, -0.15) is 5.26 Å². The van der Waals surface area contributed by atoms with Crippen LogP contribution < -0.4 is 4.90 Å². The molecule has 1 amide bonds. The molecule has 8 heteroatoms. The first-order chi connectivity index (χ1) is 13.6. The topological polar surface area (TPSA) is 103 Å². The van der Waals surface area contributed by atoms with Gasteiger partial charge in [0, 0.05) is 49.6 Å². The number of aromatic nitrogens is 1. The molecule has 0 unspecified atom stereocenters. The number of hydrogen-bond acceptors (Lipinski definition) is 6. The summed E-state index contributed by atoms with van der Waals surface area (Å²) in [6.45, 7) is 3.17. The van der Waals surface area contributed by atoms with Crippen molar-refractivity contribution in [2.24, 2.45) is 5.92 Å². The van der Waals surface area contributed by atoms with Crippen LogP contribution in [0.1, 0.15) is 31.2 Å². The second kappa shape index (κ2) is 7.43. The number of likely N-dealkylation sites (tertiary alicyclic amines) is 1. The van der Waals surface area contributed by atoms with E-state index in [-0.39, 0.29) is 17.5 Å². The van der Waals surface area contributed by atoms with Crippen LogP contribution in [0, 0.1) is 27.4 Å². The summed E-state index contributed by atoms with van der Waals surface area (Å²) < 4.78 is 0. The number of nitro groups is 1. The fourth-order valence-electron chi connectivity index (χ4n) is 4.12. The zero-order valence-electron chi connectivity index (χ0n) is 15.5. The van der Waals surface area contributed by atoms with Crippen molar-refractivity contribution < 1.29 is 9.72 Å². The summed E-state index contributed by atoms with van der Waals surface area (Å²) in [6.07, 6.45) is 3.75. The number of amides is 1. The van der Waals surface area contributed by atoms with E-state index in [0.29, 0.717) is 35.4 Å². The van der Waals surface area contributed by atoms with Gasteiger partial charge in [-0.05, 0) is 37.8 Å². The molecule has 2 aliphatic rings. The first kappa shape index (κ1) is 18.2. The van der Waals surface area contributed by atoms with Crippen LogP contribution >= 0.6 is 0 Å². The van der Waals surface area contributed by atoms with E-state index < -0.39 is 4.92 Å². The van der Waals surface area contributed by atoms with Crippen LogP contribution in [0.25, 0.3) is 10.9 Å².